The summed E-state index contributed by atoms with van der Waals surface area (Å²) < 4.78 is 5.86. The highest BCUT2D eigenvalue weighted by Gasteiger charge is 2.29. The zero-order chi connectivity index (χ0) is 16.3. The molecular formula is C16H21N3O3. The fourth-order valence-electron chi connectivity index (χ4n) is 2.18. The van der Waals surface area contributed by atoms with Gasteiger partial charge in [-0.1, -0.05) is 27.7 Å². The molecule has 0 radical (unpaired) electrons. The SMILES string of the molecule is CCc1ccc([C@H](Nc2ccc([N+](=O)[O-])cn2)C(C)(C)C)o1. The third-order valence-corrected chi connectivity index (χ3v) is 3.43. The lowest BCUT2D eigenvalue weighted by atomic mass is 9.85. The lowest BCUT2D eigenvalue weighted by Crippen LogP contribution is -2.25. The molecule has 2 rings (SSSR count). The first kappa shape index (κ1) is 16.0. The zero-order valence-corrected chi connectivity index (χ0v) is 13.3. The number of hydrogen-bond donors (Lipinski definition) is 1. The van der Waals surface area contributed by atoms with E-state index in [1.165, 1.54) is 12.3 Å². The van der Waals surface area contributed by atoms with Crippen molar-refractivity contribution in [3.8, 4) is 0 Å². The maximum atomic E-state index is 10.7. The standard InChI is InChI=1S/C16H21N3O3/c1-5-12-7-8-13(22-12)15(16(2,3)4)18-14-9-6-11(10-17-14)19(20)21/h6-10,15H,5H2,1-4H3,(H,17,18)/t15-/m0/s1. The number of nitrogens with one attached hydrogen (secondary N) is 1. The average molecular weight is 303 g/mol. The molecule has 0 aromatic carbocycles. The summed E-state index contributed by atoms with van der Waals surface area (Å²) in [5, 5.41) is 14.0. The molecule has 22 heavy (non-hydrogen) atoms. The van der Waals surface area contributed by atoms with Gasteiger partial charge in [0, 0.05) is 12.5 Å². The number of hydrogen-bond acceptors (Lipinski definition) is 5. The Morgan fingerprint density at radius 1 is 1.32 bits per heavy atom. The molecule has 118 valence electrons. The van der Waals surface area contributed by atoms with Crippen LogP contribution in [0.15, 0.2) is 34.9 Å². The molecule has 1 atom stereocenters. The van der Waals surface area contributed by atoms with Crippen molar-refractivity contribution >= 4 is 11.5 Å². The van der Waals surface area contributed by atoms with E-state index < -0.39 is 4.92 Å². The van der Waals surface area contributed by atoms with Crippen molar-refractivity contribution in [1.82, 2.24) is 4.98 Å². The monoisotopic (exact) mass is 303 g/mol. The van der Waals surface area contributed by atoms with Crippen LogP contribution in [0.2, 0.25) is 0 Å². The molecule has 2 aromatic heterocycles. The molecule has 0 bridgehead atoms. The molecular weight excluding hydrogens is 282 g/mol. The summed E-state index contributed by atoms with van der Waals surface area (Å²) in [5.74, 6) is 2.35. The second kappa shape index (κ2) is 6.17. The molecule has 0 amide bonds. The number of furan rings is 1. The van der Waals surface area contributed by atoms with Crippen LogP contribution in [0.1, 0.15) is 45.3 Å². The minimum atomic E-state index is -0.460. The van der Waals surface area contributed by atoms with Gasteiger partial charge in [0.25, 0.3) is 5.69 Å². The minimum absolute atomic E-state index is 0.0240. The summed E-state index contributed by atoms with van der Waals surface area (Å²) in [6, 6.07) is 6.91. The zero-order valence-electron chi connectivity index (χ0n) is 13.3. The molecule has 0 saturated carbocycles. The molecule has 0 spiro atoms. The van der Waals surface area contributed by atoms with Gasteiger partial charge in [0.05, 0.1) is 11.0 Å². The Hall–Kier alpha value is -2.37. The lowest BCUT2D eigenvalue weighted by molar-refractivity contribution is -0.385. The topological polar surface area (TPSA) is 81.2 Å². The molecule has 1 N–H and O–H groups in total. The van der Waals surface area contributed by atoms with Crippen molar-refractivity contribution < 1.29 is 9.34 Å². The quantitative estimate of drug-likeness (QED) is 0.656. The predicted molar refractivity (Wildman–Crippen MR) is 84.8 cm³/mol. The van der Waals surface area contributed by atoms with Gasteiger partial charge >= 0.3 is 0 Å². The van der Waals surface area contributed by atoms with Crippen LogP contribution in [-0.4, -0.2) is 9.91 Å². The predicted octanol–water partition coefficient (Wildman–Crippen LogP) is 4.34. The summed E-state index contributed by atoms with van der Waals surface area (Å²) in [6.45, 7) is 8.35. The number of nitrogens with zero attached hydrogens (tertiary/aromatic N) is 2. The molecule has 6 nitrogen and oxygen atoms in total. The Balaban J connectivity index is 2.25. The first-order chi connectivity index (χ1) is 10.3. The van der Waals surface area contributed by atoms with Crippen LogP contribution in [-0.2, 0) is 6.42 Å². The van der Waals surface area contributed by atoms with E-state index in [1.807, 2.05) is 19.1 Å². The van der Waals surface area contributed by atoms with E-state index in [9.17, 15) is 10.1 Å². The van der Waals surface area contributed by atoms with E-state index in [4.69, 9.17) is 4.42 Å². The average Bonchev–Trinajstić information content (AvgIpc) is 2.92. The van der Waals surface area contributed by atoms with Gasteiger partial charge < -0.3 is 9.73 Å². The van der Waals surface area contributed by atoms with Crippen LogP contribution in [0.5, 0.6) is 0 Å². The molecule has 0 saturated heterocycles. The van der Waals surface area contributed by atoms with Gasteiger partial charge in [-0.15, -0.1) is 0 Å². The van der Waals surface area contributed by atoms with E-state index >= 15 is 0 Å². The van der Waals surface area contributed by atoms with E-state index in [2.05, 4.69) is 31.1 Å². The Morgan fingerprint density at radius 3 is 2.50 bits per heavy atom. The largest absolute Gasteiger partial charge is 0.464 e. The maximum absolute atomic E-state index is 10.7. The van der Waals surface area contributed by atoms with Gasteiger partial charge in [-0.05, 0) is 23.6 Å². The van der Waals surface area contributed by atoms with Crippen LogP contribution in [0.4, 0.5) is 11.5 Å². The summed E-state index contributed by atoms with van der Waals surface area (Å²) in [6.07, 6.45) is 2.09. The van der Waals surface area contributed by atoms with Crippen LogP contribution in [0.3, 0.4) is 0 Å². The van der Waals surface area contributed by atoms with Gasteiger partial charge in [0.2, 0.25) is 0 Å². The Morgan fingerprint density at radius 2 is 2.05 bits per heavy atom. The highest BCUT2D eigenvalue weighted by molar-refractivity contribution is 5.42. The van der Waals surface area contributed by atoms with Crippen LogP contribution in [0.25, 0.3) is 0 Å². The van der Waals surface area contributed by atoms with Crippen molar-refractivity contribution in [2.45, 2.75) is 40.2 Å². The number of rotatable bonds is 5. The van der Waals surface area contributed by atoms with E-state index in [0.717, 1.165) is 17.9 Å². The second-order valence-corrected chi connectivity index (χ2v) is 6.26. The molecule has 0 aliphatic heterocycles. The molecule has 0 aliphatic carbocycles. The van der Waals surface area contributed by atoms with Crippen LogP contribution < -0.4 is 5.32 Å². The van der Waals surface area contributed by atoms with Crippen molar-refractivity contribution in [3.63, 3.8) is 0 Å². The fraction of sp³-hybridized carbons (Fsp3) is 0.438. The first-order valence-electron chi connectivity index (χ1n) is 7.27. The highest BCUT2D eigenvalue weighted by Crippen LogP contribution is 2.36. The summed E-state index contributed by atoms with van der Waals surface area (Å²) >= 11 is 0. The molecule has 0 unspecified atom stereocenters. The molecule has 0 aliphatic rings. The van der Waals surface area contributed by atoms with Gasteiger partial charge in [0.1, 0.15) is 23.5 Å². The summed E-state index contributed by atoms with van der Waals surface area (Å²) in [5.41, 5.74) is -0.129. The highest BCUT2D eigenvalue weighted by atomic mass is 16.6. The maximum Gasteiger partial charge on any atom is 0.287 e. The first-order valence-corrected chi connectivity index (χ1v) is 7.27. The molecule has 0 fully saturated rings. The second-order valence-electron chi connectivity index (χ2n) is 6.26. The minimum Gasteiger partial charge on any atom is -0.464 e. The number of aryl methyl sites for hydroxylation is 1. The van der Waals surface area contributed by atoms with Gasteiger partial charge in [-0.25, -0.2) is 4.98 Å². The molecule has 2 heterocycles. The number of aromatic nitrogens is 1. The third kappa shape index (κ3) is 3.63. The van der Waals surface area contributed by atoms with E-state index in [1.54, 1.807) is 6.07 Å². The van der Waals surface area contributed by atoms with E-state index in [-0.39, 0.29) is 17.1 Å². The number of anilines is 1. The Kier molecular flexibility index (Phi) is 4.49. The summed E-state index contributed by atoms with van der Waals surface area (Å²) in [7, 11) is 0. The Labute approximate surface area is 129 Å². The van der Waals surface area contributed by atoms with Gasteiger partial charge in [-0.2, -0.15) is 0 Å². The van der Waals surface area contributed by atoms with Crippen molar-refractivity contribution in [1.29, 1.82) is 0 Å². The lowest BCUT2D eigenvalue weighted by Gasteiger charge is -2.30. The Bertz CT molecular complexity index is 641. The number of nitro groups is 1. The van der Waals surface area contributed by atoms with Gasteiger partial charge in [0.15, 0.2) is 0 Å². The van der Waals surface area contributed by atoms with Gasteiger partial charge in [-0.3, -0.25) is 10.1 Å². The smallest absolute Gasteiger partial charge is 0.287 e. The normalized spacial score (nSPS) is 12.9. The molecule has 6 heteroatoms. The number of pyridine rings is 1. The van der Waals surface area contributed by atoms with Crippen molar-refractivity contribution in [2.24, 2.45) is 5.41 Å². The fourth-order valence-corrected chi connectivity index (χ4v) is 2.18. The summed E-state index contributed by atoms with van der Waals surface area (Å²) in [4.78, 5) is 14.3. The molecule has 2 aromatic rings. The van der Waals surface area contributed by atoms with Crippen molar-refractivity contribution in [3.05, 3.63) is 52.1 Å². The van der Waals surface area contributed by atoms with E-state index in [0.29, 0.717) is 5.82 Å². The van der Waals surface area contributed by atoms with Crippen LogP contribution in [0, 0.1) is 15.5 Å². The third-order valence-electron chi connectivity index (χ3n) is 3.43. The van der Waals surface area contributed by atoms with Crippen LogP contribution >= 0.6 is 0 Å². The van der Waals surface area contributed by atoms with Crippen molar-refractivity contribution in [2.75, 3.05) is 5.32 Å².